The van der Waals surface area contributed by atoms with Gasteiger partial charge >= 0.3 is 0 Å². The molecule has 0 radical (unpaired) electrons. The van der Waals surface area contributed by atoms with Crippen molar-refractivity contribution in [1.29, 1.82) is 0 Å². The molecular weight excluding hydrogens is 167 g/mol. The number of nitrogens with two attached hydrogens (primary N) is 1. The summed E-state index contributed by atoms with van der Waals surface area (Å²) in [6.07, 6.45) is 2.30. The monoisotopic (exact) mass is 180 g/mol. The van der Waals surface area contributed by atoms with Gasteiger partial charge in [0.25, 0.3) is 0 Å². The molecule has 1 heterocycles. The Morgan fingerprint density at radius 1 is 1.46 bits per heavy atom. The lowest BCUT2D eigenvalue weighted by atomic mass is 10.0. The van der Waals surface area contributed by atoms with Crippen molar-refractivity contribution in [1.82, 2.24) is 5.32 Å². The summed E-state index contributed by atoms with van der Waals surface area (Å²) in [6, 6.07) is 5.32. The Morgan fingerprint density at radius 3 is 2.92 bits per heavy atom. The first-order valence-corrected chi connectivity index (χ1v) is 4.55. The zero-order chi connectivity index (χ0) is 9.26. The van der Waals surface area contributed by atoms with E-state index in [0.717, 1.165) is 18.5 Å². The summed E-state index contributed by atoms with van der Waals surface area (Å²) in [6.45, 7) is 1.04. The lowest BCUT2D eigenvalue weighted by Crippen LogP contribution is -2.13. The van der Waals surface area contributed by atoms with Crippen molar-refractivity contribution >= 4 is 5.69 Å². The van der Waals surface area contributed by atoms with Crippen LogP contribution in [0.5, 0.6) is 0 Å². The Kier molecular flexibility index (Phi) is 2.19. The molecule has 2 nitrogen and oxygen atoms in total. The summed E-state index contributed by atoms with van der Waals surface area (Å²) in [5.74, 6) is -0.332. The van der Waals surface area contributed by atoms with Gasteiger partial charge in [-0.05, 0) is 37.1 Å². The van der Waals surface area contributed by atoms with E-state index < -0.39 is 0 Å². The molecule has 13 heavy (non-hydrogen) atoms. The second-order valence-corrected chi connectivity index (χ2v) is 3.43. The number of hydrogen-bond acceptors (Lipinski definition) is 2. The van der Waals surface area contributed by atoms with Gasteiger partial charge in [-0.15, -0.1) is 0 Å². The third-order valence-corrected chi connectivity index (χ3v) is 2.48. The molecule has 1 aliphatic heterocycles. The number of halogens is 1. The molecule has 0 bridgehead atoms. The smallest absolute Gasteiger partial charge is 0.146 e. The van der Waals surface area contributed by atoms with E-state index in [9.17, 15) is 4.39 Å². The molecule has 1 atom stereocenters. The van der Waals surface area contributed by atoms with Crippen LogP contribution in [-0.2, 0) is 0 Å². The first-order chi connectivity index (χ1) is 6.27. The standard InChI is InChI=1S/C10H13FN2/c11-8-4-3-7(6-9(8)12)10-2-1-5-13-10/h3-4,6,10,13H,1-2,5,12H2. The van der Waals surface area contributed by atoms with Crippen molar-refractivity contribution in [2.75, 3.05) is 12.3 Å². The zero-order valence-electron chi connectivity index (χ0n) is 7.39. The maximum atomic E-state index is 12.8. The molecule has 2 rings (SSSR count). The van der Waals surface area contributed by atoms with Gasteiger partial charge in [-0.3, -0.25) is 0 Å². The maximum absolute atomic E-state index is 12.8. The molecule has 1 saturated heterocycles. The first kappa shape index (κ1) is 8.51. The van der Waals surface area contributed by atoms with Gasteiger partial charge in [0.05, 0.1) is 5.69 Å². The van der Waals surface area contributed by atoms with Crippen LogP contribution >= 0.6 is 0 Å². The topological polar surface area (TPSA) is 38.0 Å². The van der Waals surface area contributed by atoms with Crippen LogP contribution in [0.3, 0.4) is 0 Å². The number of benzene rings is 1. The van der Waals surface area contributed by atoms with Crippen LogP contribution in [0.2, 0.25) is 0 Å². The quantitative estimate of drug-likeness (QED) is 0.647. The van der Waals surface area contributed by atoms with E-state index in [0.29, 0.717) is 6.04 Å². The van der Waals surface area contributed by atoms with Crippen LogP contribution in [0.1, 0.15) is 24.4 Å². The lowest BCUT2D eigenvalue weighted by molar-refractivity contribution is 0.622. The molecule has 1 fully saturated rings. The molecular formula is C10H13FN2. The van der Waals surface area contributed by atoms with Gasteiger partial charge in [-0.1, -0.05) is 6.07 Å². The van der Waals surface area contributed by atoms with Crippen LogP contribution in [0.15, 0.2) is 18.2 Å². The van der Waals surface area contributed by atoms with Gasteiger partial charge in [-0.2, -0.15) is 0 Å². The molecule has 0 saturated carbocycles. The van der Waals surface area contributed by atoms with E-state index >= 15 is 0 Å². The fraction of sp³-hybridized carbons (Fsp3) is 0.400. The summed E-state index contributed by atoms with van der Waals surface area (Å²) in [7, 11) is 0. The van der Waals surface area contributed by atoms with E-state index in [1.807, 2.05) is 0 Å². The van der Waals surface area contributed by atoms with Gasteiger partial charge in [-0.25, -0.2) is 4.39 Å². The predicted molar refractivity (Wildman–Crippen MR) is 50.8 cm³/mol. The highest BCUT2D eigenvalue weighted by molar-refractivity contribution is 5.43. The van der Waals surface area contributed by atoms with Gasteiger partial charge < -0.3 is 11.1 Å². The van der Waals surface area contributed by atoms with Crippen LogP contribution < -0.4 is 11.1 Å². The largest absolute Gasteiger partial charge is 0.396 e. The Morgan fingerprint density at radius 2 is 2.31 bits per heavy atom. The van der Waals surface area contributed by atoms with Crippen LogP contribution in [0, 0.1) is 5.82 Å². The van der Waals surface area contributed by atoms with Gasteiger partial charge in [0.1, 0.15) is 5.82 Å². The molecule has 0 aliphatic carbocycles. The zero-order valence-corrected chi connectivity index (χ0v) is 7.39. The normalized spacial score (nSPS) is 22.1. The Balaban J connectivity index is 2.25. The minimum absolute atomic E-state index is 0.242. The highest BCUT2D eigenvalue weighted by atomic mass is 19.1. The van der Waals surface area contributed by atoms with E-state index in [1.165, 1.54) is 12.5 Å². The van der Waals surface area contributed by atoms with Crippen molar-refractivity contribution in [3.8, 4) is 0 Å². The minimum Gasteiger partial charge on any atom is -0.396 e. The van der Waals surface area contributed by atoms with Crippen molar-refractivity contribution in [3.05, 3.63) is 29.6 Å². The fourth-order valence-corrected chi connectivity index (χ4v) is 1.75. The molecule has 70 valence electrons. The molecule has 3 N–H and O–H groups in total. The molecule has 3 heteroatoms. The van der Waals surface area contributed by atoms with E-state index in [1.54, 1.807) is 12.1 Å². The number of nitrogens with one attached hydrogen (secondary N) is 1. The average Bonchev–Trinajstić information content (AvgIpc) is 2.62. The number of hydrogen-bond donors (Lipinski definition) is 2. The molecule has 1 unspecified atom stereocenters. The predicted octanol–water partition coefficient (Wildman–Crippen LogP) is 1.83. The third-order valence-electron chi connectivity index (χ3n) is 2.48. The lowest BCUT2D eigenvalue weighted by Gasteiger charge is -2.10. The van der Waals surface area contributed by atoms with Crippen molar-refractivity contribution < 1.29 is 4.39 Å². The summed E-state index contributed by atoms with van der Waals surface area (Å²) in [4.78, 5) is 0. The highest BCUT2D eigenvalue weighted by Crippen LogP contribution is 2.25. The molecule has 0 spiro atoms. The first-order valence-electron chi connectivity index (χ1n) is 4.55. The molecule has 0 aromatic heterocycles. The molecule has 1 aliphatic rings. The van der Waals surface area contributed by atoms with Crippen LogP contribution in [-0.4, -0.2) is 6.54 Å². The minimum atomic E-state index is -0.332. The highest BCUT2D eigenvalue weighted by Gasteiger charge is 2.16. The summed E-state index contributed by atoms with van der Waals surface area (Å²) in [5.41, 5.74) is 6.82. The summed E-state index contributed by atoms with van der Waals surface area (Å²) < 4.78 is 12.8. The Labute approximate surface area is 76.9 Å². The summed E-state index contributed by atoms with van der Waals surface area (Å²) >= 11 is 0. The molecule has 0 amide bonds. The second kappa shape index (κ2) is 3.34. The Hall–Kier alpha value is -1.09. The summed E-state index contributed by atoms with van der Waals surface area (Å²) in [5, 5.41) is 3.34. The molecule has 1 aromatic rings. The van der Waals surface area contributed by atoms with Gasteiger partial charge in [0, 0.05) is 6.04 Å². The number of rotatable bonds is 1. The van der Waals surface area contributed by atoms with E-state index in [4.69, 9.17) is 5.73 Å². The van der Waals surface area contributed by atoms with Crippen molar-refractivity contribution in [2.45, 2.75) is 18.9 Å². The van der Waals surface area contributed by atoms with E-state index in [2.05, 4.69) is 5.32 Å². The van der Waals surface area contributed by atoms with Crippen LogP contribution in [0.25, 0.3) is 0 Å². The Bertz CT molecular complexity index is 306. The maximum Gasteiger partial charge on any atom is 0.146 e. The number of nitrogen functional groups attached to an aromatic ring is 1. The fourth-order valence-electron chi connectivity index (χ4n) is 1.75. The SMILES string of the molecule is Nc1cc(C2CCCN2)ccc1F. The average molecular weight is 180 g/mol. The molecule has 1 aromatic carbocycles. The third kappa shape index (κ3) is 1.65. The van der Waals surface area contributed by atoms with Gasteiger partial charge in [0.2, 0.25) is 0 Å². The second-order valence-electron chi connectivity index (χ2n) is 3.43. The van der Waals surface area contributed by atoms with Crippen molar-refractivity contribution in [3.63, 3.8) is 0 Å². The van der Waals surface area contributed by atoms with Crippen LogP contribution in [0.4, 0.5) is 10.1 Å². The van der Waals surface area contributed by atoms with Crippen molar-refractivity contribution in [2.24, 2.45) is 0 Å². The number of anilines is 1. The van der Waals surface area contributed by atoms with E-state index in [-0.39, 0.29) is 11.5 Å². The van der Waals surface area contributed by atoms with Gasteiger partial charge in [0.15, 0.2) is 0 Å².